The van der Waals surface area contributed by atoms with Crippen molar-refractivity contribution in [2.24, 2.45) is 0 Å². The summed E-state index contributed by atoms with van der Waals surface area (Å²) in [5, 5.41) is 14.3. The van der Waals surface area contributed by atoms with Gasteiger partial charge in [-0.3, -0.25) is 4.90 Å². The molecule has 2 N–H and O–H groups in total. The van der Waals surface area contributed by atoms with Crippen molar-refractivity contribution in [3.05, 3.63) is 41.7 Å². The molecule has 2 aromatic carbocycles. The van der Waals surface area contributed by atoms with E-state index in [0.29, 0.717) is 25.3 Å². The van der Waals surface area contributed by atoms with Gasteiger partial charge in [0.25, 0.3) is 0 Å². The highest BCUT2D eigenvalue weighted by Gasteiger charge is 2.50. The number of alkyl halides is 1. The molecule has 5 aliphatic heterocycles. The molecule has 0 amide bonds. The molecule has 4 fully saturated rings. The van der Waals surface area contributed by atoms with Gasteiger partial charge in [-0.25, -0.2) is 22.5 Å². The lowest BCUT2D eigenvalue weighted by atomic mass is 9.95. The van der Waals surface area contributed by atoms with Crippen molar-refractivity contribution in [1.82, 2.24) is 25.2 Å². The zero-order chi connectivity index (χ0) is 30.6. The number of phenolic OH excluding ortho intramolecular Hbond substituents is 1. The van der Waals surface area contributed by atoms with Gasteiger partial charge in [-0.15, -0.1) is 0 Å². The second-order valence-electron chi connectivity index (χ2n) is 13.0. The van der Waals surface area contributed by atoms with E-state index < -0.39 is 29.2 Å². The predicted molar refractivity (Wildman–Crippen MR) is 157 cm³/mol. The van der Waals surface area contributed by atoms with E-state index in [4.69, 9.17) is 14.5 Å². The molecule has 2 bridgehead atoms. The zero-order valence-corrected chi connectivity index (χ0v) is 24.2. The Bertz CT molecular complexity index is 1900. The van der Waals surface area contributed by atoms with E-state index in [1.807, 2.05) is 0 Å². The molecule has 9 rings (SSSR count). The molecule has 45 heavy (non-hydrogen) atoms. The van der Waals surface area contributed by atoms with Gasteiger partial charge in [-0.05, 0) is 55.8 Å². The van der Waals surface area contributed by atoms with Crippen LogP contribution < -0.4 is 19.7 Å². The van der Waals surface area contributed by atoms with Gasteiger partial charge in [0, 0.05) is 42.5 Å². The van der Waals surface area contributed by atoms with Gasteiger partial charge in [0.05, 0.1) is 11.6 Å². The van der Waals surface area contributed by atoms with E-state index in [-0.39, 0.29) is 81.9 Å². The Labute approximate surface area is 255 Å². The Hall–Kier alpha value is -3.97. The third-order valence-electron chi connectivity index (χ3n) is 10.4. The maximum atomic E-state index is 16.8. The minimum Gasteiger partial charge on any atom is -0.508 e. The first kappa shape index (κ1) is 27.3. The Morgan fingerprint density at radius 1 is 1.07 bits per heavy atom. The van der Waals surface area contributed by atoms with Crippen LogP contribution in [0.5, 0.6) is 17.6 Å². The molecular formula is C32H30F4N6O3. The number of rotatable bonds is 4. The minimum absolute atomic E-state index is 0.0538. The van der Waals surface area contributed by atoms with E-state index in [2.05, 4.69) is 25.1 Å². The summed E-state index contributed by atoms with van der Waals surface area (Å²) in [5.74, 6) is -3.01. The summed E-state index contributed by atoms with van der Waals surface area (Å²) in [6.07, 6.45) is 3.06. The molecule has 0 spiro atoms. The summed E-state index contributed by atoms with van der Waals surface area (Å²) in [7, 11) is 0. The fraction of sp³-hybridized carbons (Fsp3) is 0.469. The lowest BCUT2D eigenvalue weighted by Crippen LogP contribution is -2.60. The molecule has 2 aromatic heterocycles. The standard InChI is InChI=1S/C32H30F4N6O3/c33-16-10-32(6-1-7-41(32)11-16)14-45-31-39-28-24-29(40-31)42-12-17-3-5-21(37-17)22(42)13-44-30(24)38-27(26(28)36)19-9-18(43)8-15-2-4-20(34)25(35)23(15)19/h2,4,8-9,16-17,21-22,37,43H,1,3,5-7,10-14H2/t16-,17+,21-,22-,32-/m0/s1. The first-order chi connectivity index (χ1) is 21.8. The predicted octanol–water partition coefficient (Wildman–Crippen LogP) is 4.62. The zero-order valence-electron chi connectivity index (χ0n) is 24.2. The molecule has 0 aliphatic carbocycles. The second kappa shape index (κ2) is 9.76. The van der Waals surface area contributed by atoms with Crippen molar-refractivity contribution in [2.45, 2.75) is 61.9 Å². The maximum Gasteiger partial charge on any atom is 0.319 e. The first-order valence-corrected chi connectivity index (χ1v) is 15.5. The third-order valence-corrected chi connectivity index (χ3v) is 10.4. The highest BCUT2D eigenvalue weighted by atomic mass is 19.2. The number of aromatic nitrogens is 3. The summed E-state index contributed by atoms with van der Waals surface area (Å²) >= 11 is 0. The lowest BCUT2D eigenvalue weighted by Gasteiger charge is -2.40. The van der Waals surface area contributed by atoms with Gasteiger partial charge in [0.15, 0.2) is 17.5 Å². The van der Waals surface area contributed by atoms with Crippen LogP contribution in [0.1, 0.15) is 32.1 Å². The Morgan fingerprint density at radius 2 is 1.96 bits per heavy atom. The van der Waals surface area contributed by atoms with Crippen LogP contribution in [0.2, 0.25) is 0 Å². The molecule has 4 saturated heterocycles. The Balaban J connectivity index is 1.24. The van der Waals surface area contributed by atoms with Crippen molar-refractivity contribution < 1.29 is 32.1 Å². The molecule has 7 heterocycles. The van der Waals surface area contributed by atoms with Crippen LogP contribution in [0, 0.1) is 17.5 Å². The van der Waals surface area contributed by atoms with Gasteiger partial charge < -0.3 is 24.8 Å². The molecule has 9 nitrogen and oxygen atoms in total. The van der Waals surface area contributed by atoms with Crippen LogP contribution in [-0.2, 0) is 0 Å². The summed E-state index contributed by atoms with van der Waals surface area (Å²) in [5.41, 5.74) is -1.12. The quantitative estimate of drug-likeness (QED) is 0.316. The van der Waals surface area contributed by atoms with Gasteiger partial charge in [0.1, 0.15) is 47.5 Å². The summed E-state index contributed by atoms with van der Waals surface area (Å²) < 4.78 is 73.5. The largest absolute Gasteiger partial charge is 0.508 e. The van der Waals surface area contributed by atoms with Crippen LogP contribution in [-0.4, -0.2) is 87.6 Å². The molecule has 4 aromatic rings. The molecule has 5 atom stereocenters. The number of hydrogen-bond acceptors (Lipinski definition) is 9. The SMILES string of the molecule is Oc1cc(-c2nc3c4c(nc(OC[C@@]56CCCN5C[C@@H](F)C6)nc4c2F)N2C[C@H]4CC[C@H](N4)[C@@H]2CO3)c2c(F)c(F)ccc2c1. The molecule has 0 saturated carbocycles. The summed E-state index contributed by atoms with van der Waals surface area (Å²) in [6, 6.07) is 4.83. The number of benzene rings is 2. The number of nitrogens with zero attached hydrogens (tertiary/aromatic N) is 5. The number of anilines is 1. The first-order valence-electron chi connectivity index (χ1n) is 15.5. The maximum absolute atomic E-state index is 16.8. The van der Waals surface area contributed by atoms with E-state index in [9.17, 15) is 13.9 Å². The molecule has 5 aliphatic rings. The van der Waals surface area contributed by atoms with Gasteiger partial charge >= 0.3 is 6.01 Å². The van der Waals surface area contributed by atoms with Crippen LogP contribution in [0.15, 0.2) is 24.3 Å². The number of ether oxygens (including phenoxy) is 2. The van der Waals surface area contributed by atoms with Crippen molar-refractivity contribution >= 4 is 27.5 Å². The average Bonchev–Trinajstić information content (AvgIpc) is 3.65. The fourth-order valence-electron chi connectivity index (χ4n) is 8.38. The summed E-state index contributed by atoms with van der Waals surface area (Å²) in [4.78, 5) is 18.1. The third kappa shape index (κ3) is 4.09. The highest BCUT2D eigenvalue weighted by molar-refractivity contribution is 6.02. The van der Waals surface area contributed by atoms with E-state index in [0.717, 1.165) is 44.4 Å². The number of aromatic hydroxyl groups is 1. The normalized spacial score (nSPS) is 28.8. The van der Waals surface area contributed by atoms with Crippen molar-refractivity contribution in [1.29, 1.82) is 0 Å². The molecule has 0 radical (unpaired) electrons. The van der Waals surface area contributed by atoms with E-state index >= 15 is 8.78 Å². The van der Waals surface area contributed by atoms with Gasteiger partial charge in [-0.2, -0.15) is 9.97 Å². The minimum atomic E-state index is -1.19. The smallest absolute Gasteiger partial charge is 0.319 e. The molecule has 234 valence electrons. The van der Waals surface area contributed by atoms with Gasteiger partial charge in [-0.1, -0.05) is 6.07 Å². The number of nitrogens with one attached hydrogen (secondary N) is 1. The van der Waals surface area contributed by atoms with E-state index in [1.54, 1.807) is 0 Å². The number of hydrogen-bond donors (Lipinski definition) is 2. The molecule has 0 unspecified atom stereocenters. The fourth-order valence-corrected chi connectivity index (χ4v) is 8.38. The number of fused-ring (bicyclic) bond motifs is 7. The number of piperazine rings is 1. The van der Waals surface area contributed by atoms with Crippen LogP contribution >= 0.6 is 0 Å². The topological polar surface area (TPSA) is 95.9 Å². The lowest BCUT2D eigenvalue weighted by molar-refractivity contribution is 0.107. The van der Waals surface area contributed by atoms with Crippen molar-refractivity contribution in [3.8, 4) is 28.9 Å². The van der Waals surface area contributed by atoms with Gasteiger partial charge in [0.2, 0.25) is 5.88 Å². The number of pyridine rings is 1. The van der Waals surface area contributed by atoms with Crippen molar-refractivity contribution in [3.63, 3.8) is 0 Å². The Morgan fingerprint density at radius 3 is 2.84 bits per heavy atom. The van der Waals surface area contributed by atoms with Crippen molar-refractivity contribution in [2.75, 3.05) is 37.7 Å². The van der Waals surface area contributed by atoms with Crippen LogP contribution in [0.25, 0.3) is 32.9 Å². The molecule has 13 heteroatoms. The summed E-state index contributed by atoms with van der Waals surface area (Å²) in [6.45, 7) is 2.14. The second-order valence-corrected chi connectivity index (χ2v) is 13.0. The number of phenols is 1. The monoisotopic (exact) mass is 622 g/mol. The number of halogens is 4. The highest BCUT2D eigenvalue weighted by Crippen LogP contribution is 2.45. The average molecular weight is 623 g/mol. The van der Waals surface area contributed by atoms with E-state index in [1.165, 1.54) is 12.1 Å². The van der Waals surface area contributed by atoms with Crippen LogP contribution in [0.3, 0.4) is 0 Å². The molecular weight excluding hydrogens is 592 g/mol. The Kier molecular flexibility index (Phi) is 5.93. The van der Waals surface area contributed by atoms with Crippen LogP contribution in [0.4, 0.5) is 23.4 Å².